The van der Waals surface area contributed by atoms with Gasteiger partial charge in [-0.2, -0.15) is 0 Å². The van der Waals surface area contributed by atoms with E-state index < -0.39 is 6.23 Å². The van der Waals surface area contributed by atoms with Gasteiger partial charge in [0.2, 0.25) is 5.89 Å². The lowest BCUT2D eigenvalue weighted by Crippen LogP contribution is -2.25. The maximum Gasteiger partial charge on any atom is 0.259 e. The van der Waals surface area contributed by atoms with Crippen LogP contribution in [0.15, 0.2) is 4.42 Å². The highest BCUT2D eigenvalue weighted by Crippen LogP contribution is 2.21. The first kappa shape index (κ1) is 13.1. The molecule has 0 amide bonds. The van der Waals surface area contributed by atoms with Crippen LogP contribution < -0.4 is 5.32 Å². The van der Waals surface area contributed by atoms with E-state index in [0.717, 1.165) is 0 Å². The van der Waals surface area contributed by atoms with Crippen LogP contribution in [0.3, 0.4) is 0 Å². The van der Waals surface area contributed by atoms with E-state index >= 15 is 0 Å². The average molecular weight is 227 g/mol. The van der Waals surface area contributed by atoms with E-state index in [1.807, 2.05) is 20.8 Å². The van der Waals surface area contributed by atoms with Crippen LogP contribution >= 0.6 is 0 Å². The van der Waals surface area contributed by atoms with Crippen molar-refractivity contribution in [3.63, 3.8) is 0 Å². The number of hydrogen-bond donors (Lipinski definition) is 2. The van der Waals surface area contributed by atoms with Crippen molar-refractivity contribution in [1.82, 2.24) is 15.5 Å². The second-order valence-corrected chi connectivity index (χ2v) is 5.40. The Morgan fingerprint density at radius 3 is 2.38 bits per heavy atom. The summed E-state index contributed by atoms with van der Waals surface area (Å²) >= 11 is 0. The summed E-state index contributed by atoms with van der Waals surface area (Å²) in [5.41, 5.74) is -0.191. The second-order valence-electron chi connectivity index (χ2n) is 5.40. The minimum Gasteiger partial charge on any atom is -0.420 e. The van der Waals surface area contributed by atoms with Gasteiger partial charge in [-0.1, -0.05) is 34.6 Å². The molecule has 5 heteroatoms. The molecule has 0 spiro atoms. The van der Waals surface area contributed by atoms with Gasteiger partial charge >= 0.3 is 0 Å². The molecule has 1 aromatic rings. The summed E-state index contributed by atoms with van der Waals surface area (Å²) in [7, 11) is 0. The number of hydrogen-bond acceptors (Lipinski definition) is 5. The van der Waals surface area contributed by atoms with E-state index in [1.54, 1.807) is 0 Å². The topological polar surface area (TPSA) is 71.2 Å². The van der Waals surface area contributed by atoms with Crippen molar-refractivity contribution in [3.8, 4) is 0 Å². The zero-order valence-corrected chi connectivity index (χ0v) is 10.6. The molecule has 2 N–H and O–H groups in total. The Morgan fingerprint density at radius 1 is 1.31 bits per heavy atom. The Kier molecular flexibility index (Phi) is 4.04. The molecule has 0 saturated carbocycles. The van der Waals surface area contributed by atoms with E-state index in [0.29, 0.717) is 18.4 Å². The maximum atomic E-state index is 9.74. The third-order valence-corrected chi connectivity index (χ3v) is 2.04. The van der Waals surface area contributed by atoms with E-state index in [1.165, 1.54) is 0 Å². The third-order valence-electron chi connectivity index (χ3n) is 2.04. The molecule has 1 heterocycles. The van der Waals surface area contributed by atoms with Gasteiger partial charge in [-0.25, -0.2) is 0 Å². The predicted molar refractivity (Wildman–Crippen MR) is 60.8 cm³/mol. The minimum atomic E-state index is -0.883. The summed E-state index contributed by atoms with van der Waals surface area (Å²) in [6.45, 7) is 10.8. The van der Waals surface area contributed by atoms with Crippen LogP contribution in [0.4, 0.5) is 0 Å². The van der Waals surface area contributed by atoms with Gasteiger partial charge in [0.05, 0.1) is 0 Å². The Bertz CT molecular complexity index is 328. The first-order valence-corrected chi connectivity index (χ1v) is 5.56. The number of nitrogens with one attached hydrogen (secondary N) is 1. The monoisotopic (exact) mass is 227 g/mol. The molecule has 0 saturated heterocycles. The van der Waals surface area contributed by atoms with Gasteiger partial charge in [0.15, 0.2) is 6.23 Å². The maximum absolute atomic E-state index is 9.74. The van der Waals surface area contributed by atoms with Crippen molar-refractivity contribution in [1.29, 1.82) is 0 Å². The molecule has 1 atom stereocenters. The summed E-state index contributed by atoms with van der Waals surface area (Å²) in [6, 6.07) is 0. The Labute approximate surface area is 96.3 Å². The third kappa shape index (κ3) is 3.57. The van der Waals surface area contributed by atoms with Crippen LogP contribution in [-0.2, 0) is 5.41 Å². The SMILES string of the molecule is CC(C)CNC(O)c1nnc(C(C)(C)C)o1. The number of aromatic nitrogens is 2. The Morgan fingerprint density at radius 2 is 1.94 bits per heavy atom. The van der Waals surface area contributed by atoms with Crippen molar-refractivity contribution in [2.45, 2.75) is 46.3 Å². The molecule has 0 fully saturated rings. The smallest absolute Gasteiger partial charge is 0.259 e. The van der Waals surface area contributed by atoms with Crippen LogP contribution in [0.1, 0.15) is 52.6 Å². The summed E-state index contributed by atoms with van der Waals surface area (Å²) in [5, 5.41) is 20.4. The molecule has 16 heavy (non-hydrogen) atoms. The van der Waals surface area contributed by atoms with Crippen LogP contribution in [0, 0.1) is 5.92 Å². The van der Waals surface area contributed by atoms with Crippen LogP contribution in [-0.4, -0.2) is 21.8 Å². The summed E-state index contributed by atoms with van der Waals surface area (Å²) in [4.78, 5) is 0. The zero-order valence-electron chi connectivity index (χ0n) is 10.6. The van der Waals surface area contributed by atoms with Gasteiger partial charge in [0.25, 0.3) is 5.89 Å². The van der Waals surface area contributed by atoms with Gasteiger partial charge in [-0.15, -0.1) is 10.2 Å². The standard InChI is InChI=1S/C11H21N3O2/c1-7(2)6-12-8(15)9-13-14-10(16-9)11(3,4)5/h7-8,12,15H,6H2,1-5H3. The van der Waals surface area contributed by atoms with Gasteiger partial charge in [-0.3, -0.25) is 5.32 Å². The van der Waals surface area contributed by atoms with Crippen LogP contribution in [0.5, 0.6) is 0 Å². The predicted octanol–water partition coefficient (Wildman–Crippen LogP) is 1.60. The van der Waals surface area contributed by atoms with E-state index in [2.05, 4.69) is 29.4 Å². The van der Waals surface area contributed by atoms with Crippen LogP contribution in [0.25, 0.3) is 0 Å². The highest BCUT2D eigenvalue weighted by molar-refractivity contribution is 4.96. The van der Waals surface area contributed by atoms with Gasteiger partial charge in [0.1, 0.15) is 0 Å². The van der Waals surface area contributed by atoms with Crippen molar-refractivity contribution in [2.24, 2.45) is 5.92 Å². The highest BCUT2D eigenvalue weighted by Gasteiger charge is 2.23. The molecule has 0 aromatic carbocycles. The largest absolute Gasteiger partial charge is 0.420 e. The molecule has 0 aliphatic heterocycles. The zero-order chi connectivity index (χ0) is 12.3. The van der Waals surface area contributed by atoms with Gasteiger partial charge in [0, 0.05) is 12.0 Å². The first-order chi connectivity index (χ1) is 7.30. The van der Waals surface area contributed by atoms with Crippen LogP contribution in [0.2, 0.25) is 0 Å². The highest BCUT2D eigenvalue weighted by atomic mass is 16.4. The molecule has 92 valence electrons. The molecule has 1 rings (SSSR count). The quantitative estimate of drug-likeness (QED) is 0.764. The number of rotatable bonds is 4. The molecular formula is C11H21N3O2. The number of aliphatic hydroxyl groups is 1. The molecule has 5 nitrogen and oxygen atoms in total. The normalized spacial score (nSPS) is 14.4. The average Bonchev–Trinajstić information content (AvgIpc) is 2.61. The lowest BCUT2D eigenvalue weighted by Gasteiger charge is -2.13. The Balaban J connectivity index is 2.63. The lowest BCUT2D eigenvalue weighted by molar-refractivity contribution is 0.101. The Hall–Kier alpha value is -0.940. The van der Waals surface area contributed by atoms with Crippen molar-refractivity contribution in [3.05, 3.63) is 11.8 Å². The molecule has 1 aromatic heterocycles. The van der Waals surface area contributed by atoms with Gasteiger partial charge in [-0.05, 0) is 5.92 Å². The fourth-order valence-electron chi connectivity index (χ4n) is 1.08. The van der Waals surface area contributed by atoms with Crippen molar-refractivity contribution >= 4 is 0 Å². The molecule has 0 bridgehead atoms. The second kappa shape index (κ2) is 4.93. The number of aliphatic hydroxyl groups excluding tert-OH is 1. The fourth-order valence-corrected chi connectivity index (χ4v) is 1.08. The minimum absolute atomic E-state index is 0.191. The molecule has 0 aliphatic carbocycles. The molecule has 0 radical (unpaired) electrons. The summed E-state index contributed by atoms with van der Waals surface area (Å²) in [5.74, 6) is 1.22. The molecular weight excluding hydrogens is 206 g/mol. The lowest BCUT2D eigenvalue weighted by atomic mass is 9.97. The van der Waals surface area contributed by atoms with E-state index in [4.69, 9.17) is 4.42 Å². The summed E-state index contributed by atoms with van der Waals surface area (Å²) < 4.78 is 5.41. The first-order valence-electron chi connectivity index (χ1n) is 5.56. The molecule has 1 unspecified atom stereocenters. The van der Waals surface area contributed by atoms with E-state index in [9.17, 15) is 5.11 Å². The molecule has 0 aliphatic rings. The summed E-state index contributed by atoms with van der Waals surface area (Å²) in [6.07, 6.45) is -0.883. The van der Waals surface area contributed by atoms with Crippen molar-refractivity contribution in [2.75, 3.05) is 6.54 Å². The van der Waals surface area contributed by atoms with E-state index in [-0.39, 0.29) is 11.3 Å². The number of nitrogens with zero attached hydrogens (tertiary/aromatic N) is 2. The fraction of sp³-hybridized carbons (Fsp3) is 0.818. The van der Waals surface area contributed by atoms with Gasteiger partial charge < -0.3 is 9.52 Å². The van der Waals surface area contributed by atoms with Crippen molar-refractivity contribution < 1.29 is 9.52 Å².